The topological polar surface area (TPSA) is 30.0 Å². The molecule has 0 aliphatic rings. The van der Waals surface area contributed by atoms with Crippen LogP contribution >= 0.6 is 15.9 Å². The Balaban J connectivity index is 3.00. The number of hydrogen-bond donors (Lipinski definition) is 0. The third-order valence-corrected chi connectivity index (χ3v) is 1.42. The van der Waals surface area contributed by atoms with E-state index < -0.39 is 6.04 Å². The van der Waals surface area contributed by atoms with E-state index in [4.69, 9.17) is 0 Å². The Morgan fingerprint density at radius 2 is 2.30 bits per heavy atom. The molecule has 0 spiro atoms. The first-order valence-electron chi connectivity index (χ1n) is 2.51. The van der Waals surface area contributed by atoms with Crippen molar-refractivity contribution in [1.29, 1.82) is 0 Å². The molecule has 0 atom stereocenters. The lowest BCUT2D eigenvalue weighted by Gasteiger charge is -1.89. The highest BCUT2D eigenvalue weighted by molar-refractivity contribution is 9.10. The molecule has 10 heavy (non-hydrogen) atoms. The Kier molecular flexibility index (Phi) is 2.11. The average Bonchev–Trinajstić information content (AvgIpc) is 1.88. The van der Waals surface area contributed by atoms with Gasteiger partial charge in [-0.3, -0.25) is 4.79 Å². The van der Waals surface area contributed by atoms with E-state index in [9.17, 15) is 9.18 Å². The highest BCUT2D eigenvalue weighted by atomic mass is 79.9. The number of carbonyl (C=O) groups excluding carboxylic acids is 1. The second kappa shape index (κ2) is 2.88. The molecule has 0 unspecified atom stereocenters. The van der Waals surface area contributed by atoms with Crippen LogP contribution in [0.1, 0.15) is 10.4 Å². The first kappa shape index (κ1) is 7.34. The van der Waals surface area contributed by atoms with Crippen molar-refractivity contribution in [3.8, 4) is 0 Å². The molecule has 0 radical (unpaired) electrons. The molecule has 0 aliphatic carbocycles. The summed E-state index contributed by atoms with van der Waals surface area (Å²) >= 11 is 3.05. The zero-order valence-electron chi connectivity index (χ0n) is 4.84. The van der Waals surface area contributed by atoms with Crippen LogP contribution in [0.15, 0.2) is 22.9 Å². The molecule has 1 heterocycles. The lowest BCUT2D eigenvalue weighted by molar-refractivity contribution is 0.0835. The predicted octanol–water partition coefficient (Wildman–Crippen LogP) is 1.95. The molecule has 0 bridgehead atoms. The van der Waals surface area contributed by atoms with Crippen molar-refractivity contribution >= 4 is 22.0 Å². The van der Waals surface area contributed by atoms with E-state index in [1.165, 1.54) is 18.3 Å². The van der Waals surface area contributed by atoms with E-state index in [1.807, 2.05) is 0 Å². The third kappa shape index (κ3) is 1.60. The molecule has 0 N–H and O–H groups in total. The fourth-order valence-corrected chi connectivity index (χ4v) is 0.727. The van der Waals surface area contributed by atoms with Gasteiger partial charge in [-0.2, -0.15) is 4.39 Å². The molecule has 52 valence electrons. The summed E-state index contributed by atoms with van der Waals surface area (Å²) in [6.07, 6.45) is 1.17. The summed E-state index contributed by atoms with van der Waals surface area (Å²) in [6, 6.07) is 1.41. The van der Waals surface area contributed by atoms with Crippen LogP contribution in [0.3, 0.4) is 0 Å². The van der Waals surface area contributed by atoms with Crippen LogP contribution in [0, 0.1) is 0 Å². The van der Waals surface area contributed by atoms with Crippen molar-refractivity contribution in [2.75, 3.05) is 0 Å². The number of hydrogen-bond acceptors (Lipinski definition) is 2. The zero-order chi connectivity index (χ0) is 7.56. The Bertz CT molecular complexity index is 246. The minimum atomic E-state index is -1.46. The first-order chi connectivity index (χ1) is 4.70. The largest absolute Gasteiger partial charge is 0.333 e. The summed E-state index contributed by atoms with van der Waals surface area (Å²) in [4.78, 5) is 13.7. The van der Waals surface area contributed by atoms with Crippen molar-refractivity contribution in [2.45, 2.75) is 0 Å². The maximum Gasteiger partial charge on any atom is 0.333 e. The minimum absolute atomic E-state index is 0.0248. The van der Waals surface area contributed by atoms with E-state index in [1.54, 1.807) is 0 Å². The van der Waals surface area contributed by atoms with E-state index in [0.717, 1.165) is 0 Å². The van der Waals surface area contributed by atoms with Gasteiger partial charge in [-0.25, -0.2) is 4.98 Å². The molecule has 0 aliphatic heterocycles. The number of carbonyl (C=O) groups is 1. The van der Waals surface area contributed by atoms with Crippen LogP contribution in [0.4, 0.5) is 4.39 Å². The Labute approximate surface area is 65.2 Å². The van der Waals surface area contributed by atoms with Crippen molar-refractivity contribution in [3.63, 3.8) is 0 Å². The molecular formula is C6H3BrFNO. The van der Waals surface area contributed by atoms with Gasteiger partial charge in [0.2, 0.25) is 0 Å². The van der Waals surface area contributed by atoms with Gasteiger partial charge in [0.25, 0.3) is 0 Å². The summed E-state index contributed by atoms with van der Waals surface area (Å²) in [6.45, 7) is 0. The SMILES string of the molecule is O=C(F)c1ccc(Br)nc1. The normalized spacial score (nSPS) is 9.40. The Hall–Kier alpha value is -0.770. The summed E-state index contributed by atoms with van der Waals surface area (Å²) in [5.74, 6) is 0. The van der Waals surface area contributed by atoms with Crippen molar-refractivity contribution < 1.29 is 9.18 Å². The molecule has 0 saturated heterocycles. The average molecular weight is 204 g/mol. The maximum atomic E-state index is 11.9. The van der Waals surface area contributed by atoms with Gasteiger partial charge in [-0.05, 0) is 28.1 Å². The quantitative estimate of drug-likeness (QED) is 0.516. The smallest absolute Gasteiger partial charge is 0.255 e. The number of halogens is 2. The Morgan fingerprint density at radius 1 is 1.60 bits per heavy atom. The van der Waals surface area contributed by atoms with Crippen LogP contribution in [0.25, 0.3) is 0 Å². The van der Waals surface area contributed by atoms with Gasteiger partial charge in [0.15, 0.2) is 0 Å². The van der Waals surface area contributed by atoms with Gasteiger partial charge in [-0.15, -0.1) is 0 Å². The molecule has 1 rings (SSSR count). The highest BCUT2D eigenvalue weighted by Gasteiger charge is 2.01. The molecule has 0 fully saturated rings. The van der Waals surface area contributed by atoms with E-state index in [0.29, 0.717) is 4.60 Å². The van der Waals surface area contributed by atoms with Crippen molar-refractivity contribution in [2.24, 2.45) is 0 Å². The van der Waals surface area contributed by atoms with Gasteiger partial charge in [-0.1, -0.05) is 0 Å². The van der Waals surface area contributed by atoms with Gasteiger partial charge in [0, 0.05) is 6.20 Å². The number of nitrogens with zero attached hydrogens (tertiary/aromatic N) is 1. The second-order valence-electron chi connectivity index (χ2n) is 1.64. The summed E-state index contributed by atoms with van der Waals surface area (Å²) < 4.78 is 12.5. The van der Waals surface area contributed by atoms with Crippen LogP contribution in [0.5, 0.6) is 0 Å². The lowest BCUT2D eigenvalue weighted by Crippen LogP contribution is -1.89. The summed E-state index contributed by atoms with van der Waals surface area (Å²) in [7, 11) is 0. The summed E-state index contributed by atoms with van der Waals surface area (Å²) in [5, 5.41) is 0. The zero-order valence-corrected chi connectivity index (χ0v) is 6.43. The maximum absolute atomic E-state index is 11.9. The van der Waals surface area contributed by atoms with Crippen molar-refractivity contribution in [3.05, 3.63) is 28.5 Å². The van der Waals surface area contributed by atoms with Gasteiger partial charge >= 0.3 is 6.04 Å². The van der Waals surface area contributed by atoms with Crippen LogP contribution in [-0.4, -0.2) is 11.0 Å². The summed E-state index contributed by atoms with van der Waals surface area (Å²) in [5.41, 5.74) is -0.0248. The lowest BCUT2D eigenvalue weighted by atomic mass is 10.3. The molecule has 0 amide bonds. The molecule has 0 saturated carbocycles. The van der Waals surface area contributed by atoms with Gasteiger partial charge < -0.3 is 0 Å². The fraction of sp³-hybridized carbons (Fsp3) is 0. The number of rotatable bonds is 1. The van der Waals surface area contributed by atoms with E-state index >= 15 is 0 Å². The Morgan fingerprint density at radius 3 is 2.70 bits per heavy atom. The van der Waals surface area contributed by atoms with Crippen molar-refractivity contribution in [1.82, 2.24) is 4.98 Å². The molecule has 1 aromatic heterocycles. The van der Waals surface area contributed by atoms with Crippen LogP contribution < -0.4 is 0 Å². The molecular weight excluding hydrogens is 201 g/mol. The minimum Gasteiger partial charge on any atom is -0.255 e. The molecule has 1 aromatic rings. The monoisotopic (exact) mass is 203 g/mol. The highest BCUT2D eigenvalue weighted by Crippen LogP contribution is 2.06. The molecule has 2 nitrogen and oxygen atoms in total. The van der Waals surface area contributed by atoms with Crippen LogP contribution in [0.2, 0.25) is 0 Å². The fourth-order valence-electron chi connectivity index (χ4n) is 0.492. The van der Waals surface area contributed by atoms with E-state index in [2.05, 4.69) is 20.9 Å². The standard InChI is InChI=1S/C6H3BrFNO/c7-5-2-1-4(3-9-5)6(8)10/h1-3H. The number of pyridine rings is 1. The third-order valence-electron chi connectivity index (χ3n) is 0.954. The first-order valence-corrected chi connectivity index (χ1v) is 3.31. The van der Waals surface area contributed by atoms with E-state index in [-0.39, 0.29) is 5.56 Å². The van der Waals surface area contributed by atoms with Gasteiger partial charge in [0.1, 0.15) is 4.60 Å². The molecule has 4 heteroatoms. The van der Waals surface area contributed by atoms with Gasteiger partial charge in [0.05, 0.1) is 5.56 Å². The molecule has 0 aromatic carbocycles. The predicted molar refractivity (Wildman–Crippen MR) is 37.4 cm³/mol. The van der Waals surface area contributed by atoms with Crippen LogP contribution in [-0.2, 0) is 0 Å². The second-order valence-corrected chi connectivity index (χ2v) is 2.46. The number of aromatic nitrogens is 1.